The van der Waals surface area contributed by atoms with Crippen molar-refractivity contribution in [2.24, 2.45) is 11.8 Å². The fourth-order valence-corrected chi connectivity index (χ4v) is 5.17. The zero-order valence-electron chi connectivity index (χ0n) is 13.7. The van der Waals surface area contributed by atoms with Crippen LogP contribution in [0.25, 0.3) is 15.9 Å². The molecule has 8 heteroatoms. The number of halogens is 3. The molecule has 2 aliphatic rings. The number of pyridine rings is 1. The summed E-state index contributed by atoms with van der Waals surface area (Å²) in [7, 11) is 0. The predicted molar refractivity (Wildman–Crippen MR) is 96.7 cm³/mol. The van der Waals surface area contributed by atoms with Crippen LogP contribution in [0.4, 0.5) is 8.78 Å². The van der Waals surface area contributed by atoms with Gasteiger partial charge in [-0.15, -0.1) is 11.3 Å². The summed E-state index contributed by atoms with van der Waals surface area (Å²) >= 11 is 7.22. The number of aryl methyl sites for hydroxylation is 1. The highest BCUT2D eigenvalue weighted by Crippen LogP contribution is 2.67. The average molecular weight is 394 g/mol. The third-order valence-corrected chi connectivity index (χ3v) is 6.87. The molecule has 3 atom stereocenters. The third kappa shape index (κ3) is 2.19. The Bertz CT molecular complexity index is 1080. The largest absolute Gasteiger partial charge is 0.276 e. The Morgan fingerprint density at radius 2 is 2.04 bits per heavy atom. The van der Waals surface area contributed by atoms with Crippen LogP contribution < -0.4 is 5.56 Å². The number of thiophene rings is 1. The van der Waals surface area contributed by atoms with Gasteiger partial charge < -0.3 is 0 Å². The summed E-state index contributed by atoms with van der Waals surface area (Å²) in [6.07, 6.45) is 2.24. The normalized spacial score (nSPS) is 26.2. The Morgan fingerprint density at radius 1 is 1.31 bits per heavy atom. The van der Waals surface area contributed by atoms with Crippen LogP contribution in [0.1, 0.15) is 30.1 Å². The van der Waals surface area contributed by atoms with E-state index in [1.807, 2.05) is 12.3 Å². The van der Waals surface area contributed by atoms with Gasteiger partial charge in [-0.1, -0.05) is 11.6 Å². The van der Waals surface area contributed by atoms with Crippen molar-refractivity contribution in [1.29, 1.82) is 0 Å². The average Bonchev–Trinajstić information content (AvgIpc) is 3.02. The molecule has 2 fully saturated rings. The highest BCUT2D eigenvalue weighted by atomic mass is 35.5. The number of fused-ring (bicyclic) bond motifs is 2. The highest BCUT2D eigenvalue weighted by molar-refractivity contribution is 7.17. The molecule has 5 rings (SSSR count). The predicted octanol–water partition coefficient (Wildman–Crippen LogP) is 4.56. The van der Waals surface area contributed by atoms with E-state index in [-0.39, 0.29) is 11.5 Å². The van der Waals surface area contributed by atoms with Crippen molar-refractivity contribution >= 4 is 33.2 Å². The van der Waals surface area contributed by atoms with Gasteiger partial charge in [0.1, 0.15) is 15.7 Å². The second-order valence-electron chi connectivity index (χ2n) is 7.10. The summed E-state index contributed by atoms with van der Waals surface area (Å²) in [6.45, 7) is 1.91. The van der Waals surface area contributed by atoms with Crippen LogP contribution in [0.15, 0.2) is 28.5 Å². The molecular weight excluding hydrogens is 380 g/mol. The maximum absolute atomic E-state index is 13.6. The third-order valence-electron chi connectivity index (χ3n) is 5.57. The Morgan fingerprint density at radius 3 is 2.69 bits per heavy atom. The molecule has 2 aliphatic carbocycles. The quantitative estimate of drug-likeness (QED) is 0.599. The Balaban J connectivity index is 1.70. The molecule has 0 aliphatic heterocycles. The molecule has 0 saturated heterocycles. The lowest BCUT2D eigenvalue weighted by Crippen LogP contribution is -2.25. The van der Waals surface area contributed by atoms with E-state index in [1.165, 1.54) is 22.1 Å². The van der Waals surface area contributed by atoms with Gasteiger partial charge in [-0.3, -0.25) is 9.36 Å². The first-order valence-corrected chi connectivity index (χ1v) is 9.64. The van der Waals surface area contributed by atoms with E-state index in [9.17, 15) is 13.6 Å². The van der Waals surface area contributed by atoms with Gasteiger partial charge in [0, 0.05) is 17.8 Å². The summed E-state index contributed by atoms with van der Waals surface area (Å²) in [6, 6.07) is 3.32. The van der Waals surface area contributed by atoms with Gasteiger partial charge >= 0.3 is 0 Å². The summed E-state index contributed by atoms with van der Waals surface area (Å²) < 4.78 is 29.4. The number of nitrogens with zero attached hydrogens (tertiary/aromatic N) is 3. The summed E-state index contributed by atoms with van der Waals surface area (Å²) in [5.74, 6) is -3.32. The molecule has 3 heterocycles. The molecule has 0 N–H and O–H groups in total. The van der Waals surface area contributed by atoms with Crippen LogP contribution in [-0.2, 0) is 0 Å². The number of rotatable bonds is 2. The fourth-order valence-electron chi connectivity index (χ4n) is 4.15. The molecule has 3 aromatic rings. The van der Waals surface area contributed by atoms with Gasteiger partial charge in [-0.05, 0) is 42.8 Å². The van der Waals surface area contributed by atoms with Crippen LogP contribution >= 0.6 is 22.9 Å². The molecule has 26 heavy (non-hydrogen) atoms. The van der Waals surface area contributed by atoms with Crippen molar-refractivity contribution in [3.8, 4) is 5.69 Å². The van der Waals surface area contributed by atoms with E-state index in [0.29, 0.717) is 39.7 Å². The van der Waals surface area contributed by atoms with Crippen LogP contribution in [0.5, 0.6) is 0 Å². The van der Waals surface area contributed by atoms with Crippen LogP contribution in [0.3, 0.4) is 0 Å². The summed E-state index contributed by atoms with van der Waals surface area (Å²) in [5, 5.41) is 2.22. The van der Waals surface area contributed by atoms with Crippen molar-refractivity contribution in [2.75, 3.05) is 0 Å². The van der Waals surface area contributed by atoms with Crippen molar-refractivity contribution in [1.82, 2.24) is 14.5 Å². The lowest BCUT2D eigenvalue weighted by Gasteiger charge is -2.19. The van der Waals surface area contributed by atoms with Gasteiger partial charge in [-0.25, -0.2) is 18.7 Å². The van der Waals surface area contributed by atoms with Crippen molar-refractivity contribution in [3.05, 3.63) is 50.6 Å². The molecule has 0 spiro atoms. The van der Waals surface area contributed by atoms with E-state index in [0.717, 1.165) is 5.56 Å². The minimum atomic E-state index is -2.55. The van der Waals surface area contributed by atoms with E-state index >= 15 is 0 Å². The minimum Gasteiger partial charge on any atom is -0.267 e. The topological polar surface area (TPSA) is 47.8 Å². The van der Waals surface area contributed by atoms with E-state index in [4.69, 9.17) is 16.6 Å². The van der Waals surface area contributed by atoms with Gasteiger partial charge in [-0.2, -0.15) is 0 Å². The first-order valence-electron chi connectivity index (χ1n) is 8.38. The molecule has 0 amide bonds. The summed E-state index contributed by atoms with van der Waals surface area (Å²) in [4.78, 5) is 22.0. The number of hydrogen-bond donors (Lipinski definition) is 0. The maximum Gasteiger partial charge on any atom is 0.276 e. The molecular formula is C18H14ClF2N3OS. The second-order valence-corrected chi connectivity index (χ2v) is 8.37. The van der Waals surface area contributed by atoms with Crippen LogP contribution in [0.2, 0.25) is 5.15 Å². The number of hydrogen-bond acceptors (Lipinski definition) is 4. The first-order chi connectivity index (χ1) is 12.4. The van der Waals surface area contributed by atoms with Gasteiger partial charge in [0.25, 0.3) is 11.5 Å². The fraction of sp³-hybridized carbons (Fsp3) is 0.389. The maximum atomic E-state index is 13.6. The van der Waals surface area contributed by atoms with Crippen molar-refractivity contribution in [2.45, 2.75) is 31.6 Å². The Labute approximate surface area is 156 Å². The lowest BCUT2D eigenvalue weighted by atomic mass is 10.0. The molecule has 0 bridgehead atoms. The zero-order valence-corrected chi connectivity index (χ0v) is 15.3. The molecule has 1 unspecified atom stereocenters. The minimum absolute atomic E-state index is 0.156. The van der Waals surface area contributed by atoms with E-state index < -0.39 is 17.8 Å². The molecule has 134 valence electrons. The highest BCUT2D eigenvalue weighted by Gasteiger charge is 2.71. The standard InChI is InChI=1S/C18H14ClF2N3OS/c1-8-7-26-15-14(8)23-16(9-4-11-12(5-9)18(11,20)21)24(17(15)25)10-2-3-13(19)22-6-10/h2-3,6-7,9,11-12H,4-5H2,1H3/t9?,11-,12+. The number of aromatic nitrogens is 3. The zero-order chi connectivity index (χ0) is 18.2. The van der Waals surface area contributed by atoms with Crippen molar-refractivity contribution in [3.63, 3.8) is 0 Å². The number of alkyl halides is 2. The molecule has 0 aromatic carbocycles. The van der Waals surface area contributed by atoms with Gasteiger partial charge in [0.05, 0.1) is 17.4 Å². The Hall–Kier alpha value is -1.86. The summed E-state index contributed by atoms with van der Waals surface area (Å²) in [5.41, 5.74) is 1.97. The van der Waals surface area contributed by atoms with Crippen LogP contribution in [0, 0.1) is 18.8 Å². The lowest BCUT2D eigenvalue weighted by molar-refractivity contribution is 0.0689. The Kier molecular flexibility index (Phi) is 3.35. The van der Waals surface area contributed by atoms with Gasteiger partial charge in [0.15, 0.2) is 0 Å². The molecule has 2 saturated carbocycles. The smallest absolute Gasteiger partial charge is 0.267 e. The van der Waals surface area contributed by atoms with Gasteiger partial charge in [0.2, 0.25) is 0 Å². The first kappa shape index (κ1) is 16.3. The molecule has 3 aromatic heterocycles. The van der Waals surface area contributed by atoms with E-state index in [1.54, 1.807) is 12.1 Å². The molecule has 4 nitrogen and oxygen atoms in total. The van der Waals surface area contributed by atoms with E-state index in [2.05, 4.69) is 4.98 Å². The second kappa shape index (κ2) is 5.33. The molecule has 0 radical (unpaired) electrons. The monoisotopic (exact) mass is 393 g/mol. The SMILES string of the molecule is Cc1csc2c(=O)n(-c3ccc(Cl)nc3)c(C3C[C@@H]4[C@H](C3)C4(F)F)nc12. The van der Waals surface area contributed by atoms with Crippen LogP contribution in [-0.4, -0.2) is 20.5 Å². The van der Waals surface area contributed by atoms with Crippen molar-refractivity contribution < 1.29 is 8.78 Å².